The summed E-state index contributed by atoms with van der Waals surface area (Å²) in [5.74, 6) is 0.194. The SMILES string of the molecule is CNCCN1CCC2(CC1)C(=O)NCN2c1ccccc1. The zero-order valence-corrected chi connectivity index (χ0v) is 12.6. The van der Waals surface area contributed by atoms with E-state index in [2.05, 4.69) is 32.6 Å². The molecule has 0 atom stereocenters. The number of carbonyl (C=O) groups is 1. The molecule has 0 bridgehead atoms. The Morgan fingerprint density at radius 1 is 1.24 bits per heavy atom. The standard InChI is InChI=1S/C16H24N4O/c1-17-9-12-19-10-7-16(8-11-19)15(21)18-13-20(16)14-5-3-2-4-6-14/h2-6,17H,7-13H2,1H3,(H,18,21). The highest BCUT2D eigenvalue weighted by Gasteiger charge is 2.50. The second kappa shape index (κ2) is 6.03. The average molecular weight is 288 g/mol. The van der Waals surface area contributed by atoms with E-state index in [0.717, 1.165) is 44.7 Å². The number of carbonyl (C=O) groups excluding carboxylic acids is 1. The second-order valence-electron chi connectivity index (χ2n) is 5.90. The van der Waals surface area contributed by atoms with Gasteiger partial charge in [0.05, 0.1) is 6.67 Å². The van der Waals surface area contributed by atoms with Gasteiger partial charge in [-0.25, -0.2) is 0 Å². The first-order chi connectivity index (χ1) is 10.3. The number of likely N-dealkylation sites (N-methyl/N-ethyl adjacent to an activating group) is 1. The third kappa shape index (κ3) is 2.63. The number of rotatable bonds is 4. The molecule has 2 aliphatic heterocycles. The van der Waals surface area contributed by atoms with Crippen molar-refractivity contribution in [3.8, 4) is 0 Å². The quantitative estimate of drug-likeness (QED) is 0.853. The Balaban J connectivity index is 1.74. The maximum absolute atomic E-state index is 12.5. The molecule has 2 aliphatic rings. The molecule has 1 aromatic carbocycles. The summed E-state index contributed by atoms with van der Waals surface area (Å²) in [5, 5.41) is 6.23. The topological polar surface area (TPSA) is 47.6 Å². The van der Waals surface area contributed by atoms with Crippen LogP contribution in [0.15, 0.2) is 30.3 Å². The van der Waals surface area contributed by atoms with E-state index in [4.69, 9.17) is 0 Å². The van der Waals surface area contributed by atoms with Gasteiger partial charge >= 0.3 is 0 Å². The van der Waals surface area contributed by atoms with Crippen LogP contribution in [0.1, 0.15) is 12.8 Å². The van der Waals surface area contributed by atoms with Crippen molar-refractivity contribution in [3.05, 3.63) is 30.3 Å². The van der Waals surface area contributed by atoms with Crippen LogP contribution in [-0.4, -0.2) is 56.2 Å². The van der Waals surface area contributed by atoms with Crippen LogP contribution < -0.4 is 15.5 Å². The van der Waals surface area contributed by atoms with Crippen molar-refractivity contribution >= 4 is 11.6 Å². The predicted molar refractivity (Wildman–Crippen MR) is 84.3 cm³/mol. The minimum Gasteiger partial charge on any atom is -0.339 e. The average Bonchev–Trinajstić information content (AvgIpc) is 2.85. The summed E-state index contributed by atoms with van der Waals surface area (Å²) in [6.45, 7) is 4.65. The molecule has 1 aromatic rings. The van der Waals surface area contributed by atoms with Crippen LogP contribution in [0.2, 0.25) is 0 Å². The summed E-state index contributed by atoms with van der Waals surface area (Å²) in [4.78, 5) is 17.2. The third-order valence-corrected chi connectivity index (χ3v) is 4.77. The van der Waals surface area contributed by atoms with Gasteiger partial charge in [-0.15, -0.1) is 0 Å². The van der Waals surface area contributed by atoms with E-state index in [1.165, 1.54) is 0 Å². The van der Waals surface area contributed by atoms with E-state index in [1.807, 2.05) is 25.2 Å². The van der Waals surface area contributed by atoms with Gasteiger partial charge in [-0.1, -0.05) is 18.2 Å². The van der Waals surface area contributed by atoms with Gasteiger partial charge in [0.2, 0.25) is 5.91 Å². The van der Waals surface area contributed by atoms with Crippen molar-refractivity contribution < 1.29 is 4.79 Å². The van der Waals surface area contributed by atoms with E-state index >= 15 is 0 Å². The molecule has 0 saturated carbocycles. The van der Waals surface area contributed by atoms with E-state index in [1.54, 1.807) is 0 Å². The Labute approximate surface area is 126 Å². The molecule has 2 heterocycles. The third-order valence-electron chi connectivity index (χ3n) is 4.77. The van der Waals surface area contributed by atoms with Crippen molar-refractivity contribution in [1.82, 2.24) is 15.5 Å². The van der Waals surface area contributed by atoms with Crippen LogP contribution in [0, 0.1) is 0 Å². The maximum Gasteiger partial charge on any atom is 0.247 e. The number of anilines is 1. The predicted octanol–water partition coefficient (Wildman–Crippen LogP) is 0.634. The van der Waals surface area contributed by atoms with Gasteiger partial charge in [-0.3, -0.25) is 4.79 Å². The van der Waals surface area contributed by atoms with Gasteiger partial charge in [0.1, 0.15) is 5.54 Å². The number of para-hydroxylation sites is 1. The Morgan fingerprint density at radius 3 is 2.62 bits per heavy atom. The zero-order valence-electron chi connectivity index (χ0n) is 12.6. The van der Waals surface area contributed by atoms with Crippen LogP contribution in [0.25, 0.3) is 0 Å². The lowest BCUT2D eigenvalue weighted by molar-refractivity contribution is -0.125. The fourth-order valence-corrected chi connectivity index (χ4v) is 3.45. The van der Waals surface area contributed by atoms with Crippen molar-refractivity contribution in [1.29, 1.82) is 0 Å². The molecule has 0 aliphatic carbocycles. The Bertz CT molecular complexity index is 482. The van der Waals surface area contributed by atoms with Gasteiger partial charge < -0.3 is 20.4 Å². The number of hydrogen-bond acceptors (Lipinski definition) is 4. The lowest BCUT2D eigenvalue weighted by Crippen LogP contribution is -2.56. The number of nitrogens with one attached hydrogen (secondary N) is 2. The maximum atomic E-state index is 12.5. The Morgan fingerprint density at radius 2 is 1.95 bits per heavy atom. The number of benzene rings is 1. The van der Waals surface area contributed by atoms with Crippen LogP contribution in [0.3, 0.4) is 0 Å². The summed E-state index contributed by atoms with van der Waals surface area (Å²) < 4.78 is 0. The fourth-order valence-electron chi connectivity index (χ4n) is 3.45. The van der Waals surface area contributed by atoms with Gasteiger partial charge in [-0.05, 0) is 32.0 Å². The minimum absolute atomic E-state index is 0.194. The van der Waals surface area contributed by atoms with Gasteiger partial charge in [-0.2, -0.15) is 0 Å². The normalized spacial score (nSPS) is 21.8. The largest absolute Gasteiger partial charge is 0.339 e. The zero-order chi connectivity index (χ0) is 14.7. The summed E-state index contributed by atoms with van der Waals surface area (Å²) in [6.07, 6.45) is 1.80. The molecule has 2 N–H and O–H groups in total. The molecule has 3 rings (SSSR count). The van der Waals surface area contributed by atoms with Crippen molar-refractivity contribution in [2.45, 2.75) is 18.4 Å². The summed E-state index contributed by atoms with van der Waals surface area (Å²) in [6, 6.07) is 10.3. The molecule has 2 saturated heterocycles. The second-order valence-corrected chi connectivity index (χ2v) is 5.90. The number of likely N-dealkylation sites (tertiary alicyclic amines) is 1. The lowest BCUT2D eigenvalue weighted by Gasteiger charge is -2.43. The molecule has 114 valence electrons. The van der Waals surface area contributed by atoms with Crippen molar-refractivity contribution in [2.75, 3.05) is 44.8 Å². The highest BCUT2D eigenvalue weighted by molar-refractivity contribution is 5.93. The van der Waals surface area contributed by atoms with Crippen LogP contribution >= 0.6 is 0 Å². The molecule has 0 unspecified atom stereocenters. The molecule has 2 fully saturated rings. The van der Waals surface area contributed by atoms with E-state index in [9.17, 15) is 4.79 Å². The molecule has 1 spiro atoms. The van der Waals surface area contributed by atoms with Crippen molar-refractivity contribution in [2.24, 2.45) is 0 Å². The van der Waals surface area contributed by atoms with Crippen LogP contribution in [-0.2, 0) is 4.79 Å². The van der Waals surface area contributed by atoms with E-state index in [-0.39, 0.29) is 11.4 Å². The van der Waals surface area contributed by atoms with E-state index < -0.39 is 0 Å². The van der Waals surface area contributed by atoms with Gasteiger partial charge in [0.15, 0.2) is 0 Å². The van der Waals surface area contributed by atoms with Crippen LogP contribution in [0.4, 0.5) is 5.69 Å². The summed E-state index contributed by atoms with van der Waals surface area (Å²) in [7, 11) is 1.98. The lowest BCUT2D eigenvalue weighted by atomic mass is 9.85. The highest BCUT2D eigenvalue weighted by atomic mass is 16.2. The smallest absolute Gasteiger partial charge is 0.247 e. The molecule has 0 radical (unpaired) electrons. The first-order valence-electron chi connectivity index (χ1n) is 7.74. The number of nitrogens with zero attached hydrogens (tertiary/aromatic N) is 2. The van der Waals surface area contributed by atoms with Crippen LogP contribution in [0.5, 0.6) is 0 Å². The first kappa shape index (κ1) is 14.4. The molecule has 1 amide bonds. The number of piperidine rings is 1. The monoisotopic (exact) mass is 288 g/mol. The first-order valence-corrected chi connectivity index (χ1v) is 7.74. The Hall–Kier alpha value is -1.59. The molecular weight excluding hydrogens is 264 g/mol. The van der Waals surface area contributed by atoms with Crippen molar-refractivity contribution in [3.63, 3.8) is 0 Å². The molecule has 0 aromatic heterocycles. The van der Waals surface area contributed by atoms with E-state index in [0.29, 0.717) is 6.67 Å². The number of hydrogen-bond donors (Lipinski definition) is 2. The van der Waals surface area contributed by atoms with Gasteiger partial charge in [0.25, 0.3) is 0 Å². The fraction of sp³-hybridized carbons (Fsp3) is 0.562. The minimum atomic E-state index is -0.350. The molecular formula is C16H24N4O. The Kier molecular flexibility index (Phi) is 4.12. The van der Waals surface area contributed by atoms with Gasteiger partial charge in [0, 0.05) is 31.9 Å². The molecule has 5 nitrogen and oxygen atoms in total. The summed E-state index contributed by atoms with van der Waals surface area (Å²) in [5.41, 5.74) is 0.789. The number of amides is 1. The summed E-state index contributed by atoms with van der Waals surface area (Å²) >= 11 is 0. The highest BCUT2D eigenvalue weighted by Crippen LogP contribution is 2.35. The molecule has 5 heteroatoms. The molecule has 21 heavy (non-hydrogen) atoms.